The highest BCUT2D eigenvalue weighted by atomic mass is 16.3. The Morgan fingerprint density at radius 1 is 1.00 bits per heavy atom. The maximum absolute atomic E-state index is 9.26. The van der Waals surface area contributed by atoms with Gasteiger partial charge in [-0.25, -0.2) is 0 Å². The van der Waals surface area contributed by atoms with Crippen LogP contribution < -0.4 is 0 Å². The number of benzene rings is 1. The largest absolute Gasteiger partial charge is 0.508 e. The Kier molecular flexibility index (Phi) is 10.4. The molecule has 0 amide bonds. The second-order valence-corrected chi connectivity index (χ2v) is 7.37. The van der Waals surface area contributed by atoms with Crippen LogP contribution in [0.2, 0.25) is 0 Å². The molecule has 0 spiro atoms. The summed E-state index contributed by atoms with van der Waals surface area (Å²) in [5.74, 6) is 1.27. The number of rotatable bonds is 2. The molecule has 24 heavy (non-hydrogen) atoms. The first kappa shape index (κ1) is 22.5. The van der Waals surface area contributed by atoms with Crippen molar-refractivity contribution in [2.75, 3.05) is 0 Å². The lowest BCUT2D eigenvalue weighted by molar-refractivity contribution is 0.180. The van der Waals surface area contributed by atoms with Crippen molar-refractivity contribution in [1.29, 1.82) is 0 Å². The quantitative estimate of drug-likeness (QED) is 0.591. The minimum atomic E-state index is 0.271. The monoisotopic (exact) mass is 330 g/mol. The molecular weight excluding hydrogens is 292 g/mol. The van der Waals surface area contributed by atoms with Gasteiger partial charge in [-0.15, -0.1) is 0 Å². The van der Waals surface area contributed by atoms with Gasteiger partial charge in [-0.2, -0.15) is 0 Å². The first-order chi connectivity index (χ1) is 11.3. The van der Waals surface area contributed by atoms with Gasteiger partial charge in [0.2, 0.25) is 0 Å². The molecular formula is C23H38O. The van der Waals surface area contributed by atoms with E-state index in [1.54, 1.807) is 24.3 Å². The van der Waals surface area contributed by atoms with E-state index >= 15 is 0 Å². The van der Waals surface area contributed by atoms with Crippen LogP contribution in [-0.2, 0) is 0 Å². The summed E-state index contributed by atoms with van der Waals surface area (Å²) in [7, 11) is 0. The van der Waals surface area contributed by atoms with Crippen LogP contribution in [-0.4, -0.2) is 5.11 Å². The summed E-state index contributed by atoms with van der Waals surface area (Å²) in [4.78, 5) is 0. The lowest BCUT2D eigenvalue weighted by Gasteiger charge is -2.33. The predicted octanol–water partition coefficient (Wildman–Crippen LogP) is 7.63. The van der Waals surface area contributed by atoms with E-state index in [0.29, 0.717) is 5.41 Å². The Labute approximate surface area is 150 Å². The van der Waals surface area contributed by atoms with E-state index < -0.39 is 0 Å². The van der Waals surface area contributed by atoms with Crippen molar-refractivity contribution in [2.24, 2.45) is 11.3 Å². The van der Waals surface area contributed by atoms with Crippen molar-refractivity contribution in [3.63, 3.8) is 0 Å². The Bertz CT molecular complexity index is 500. The molecule has 0 radical (unpaired) electrons. The van der Waals surface area contributed by atoms with E-state index in [1.807, 2.05) is 20.8 Å². The minimum absolute atomic E-state index is 0.271. The second-order valence-electron chi connectivity index (χ2n) is 7.37. The molecule has 2 rings (SSSR count). The maximum Gasteiger partial charge on any atom is 0.116 e. The first-order valence-electron chi connectivity index (χ1n) is 9.38. The van der Waals surface area contributed by atoms with Gasteiger partial charge in [0.25, 0.3) is 0 Å². The van der Waals surface area contributed by atoms with Crippen molar-refractivity contribution >= 4 is 12.2 Å². The number of hydrogen-bond acceptors (Lipinski definition) is 1. The fraction of sp³-hybridized carbons (Fsp3) is 0.565. The highest BCUT2D eigenvalue weighted by Gasteiger charge is 2.25. The molecule has 1 fully saturated rings. The molecule has 1 saturated carbocycles. The van der Waals surface area contributed by atoms with Crippen molar-refractivity contribution in [3.8, 4) is 5.75 Å². The Morgan fingerprint density at radius 2 is 1.54 bits per heavy atom. The van der Waals surface area contributed by atoms with Gasteiger partial charge in [-0.3, -0.25) is 0 Å². The second kappa shape index (κ2) is 11.1. The minimum Gasteiger partial charge on any atom is -0.508 e. The molecule has 1 nitrogen and oxygen atoms in total. The molecule has 0 atom stereocenters. The van der Waals surface area contributed by atoms with Gasteiger partial charge in [-0.1, -0.05) is 79.2 Å². The standard InChI is InChI=1S/C11H12O.C10H20.C2H6/c1-4-9-7-10(12)6-8(3)11(9)5-2;1-10(2,3)9-7-5-4-6-8-9;1-2/h4-7,12H,1-2H2,3H3;9H,4-8H2,1-3H3;1-2H3. The van der Waals surface area contributed by atoms with Crippen LogP contribution in [0.15, 0.2) is 25.3 Å². The van der Waals surface area contributed by atoms with Gasteiger partial charge in [0, 0.05) is 0 Å². The van der Waals surface area contributed by atoms with E-state index in [2.05, 4.69) is 33.9 Å². The smallest absolute Gasteiger partial charge is 0.116 e. The maximum atomic E-state index is 9.26. The SMILES string of the molecule is C=Cc1cc(O)cc(C)c1C=C.CC.CC(C)(C)C1CCCCC1. The van der Waals surface area contributed by atoms with Crippen LogP contribution in [0.25, 0.3) is 12.2 Å². The normalized spacial score (nSPS) is 14.6. The van der Waals surface area contributed by atoms with Crippen molar-refractivity contribution in [2.45, 2.75) is 73.6 Å². The van der Waals surface area contributed by atoms with Gasteiger partial charge in [-0.05, 0) is 59.9 Å². The number of hydrogen-bond donors (Lipinski definition) is 1. The lowest BCUT2D eigenvalue weighted by Crippen LogP contribution is -2.22. The molecule has 0 unspecified atom stereocenters. The van der Waals surface area contributed by atoms with Crippen LogP contribution >= 0.6 is 0 Å². The van der Waals surface area contributed by atoms with E-state index in [-0.39, 0.29) is 5.75 Å². The van der Waals surface area contributed by atoms with Gasteiger partial charge in [0.1, 0.15) is 5.75 Å². The van der Waals surface area contributed by atoms with Crippen LogP contribution in [0.3, 0.4) is 0 Å². The Morgan fingerprint density at radius 3 is 1.92 bits per heavy atom. The number of aryl methyl sites for hydroxylation is 1. The molecule has 0 aliphatic heterocycles. The van der Waals surface area contributed by atoms with E-state index in [0.717, 1.165) is 22.6 Å². The summed E-state index contributed by atoms with van der Waals surface area (Å²) in [6, 6.07) is 3.39. The van der Waals surface area contributed by atoms with E-state index in [1.165, 1.54) is 32.1 Å². The molecule has 136 valence electrons. The zero-order valence-corrected chi connectivity index (χ0v) is 16.8. The van der Waals surface area contributed by atoms with Crippen molar-refractivity contribution in [3.05, 3.63) is 42.0 Å². The highest BCUT2D eigenvalue weighted by molar-refractivity contribution is 5.67. The van der Waals surface area contributed by atoms with Crippen LogP contribution in [0.1, 0.15) is 83.4 Å². The molecule has 0 saturated heterocycles. The molecule has 1 aliphatic rings. The summed E-state index contributed by atoms with van der Waals surface area (Å²) in [5.41, 5.74) is 3.53. The molecule has 1 N–H and O–H groups in total. The third-order valence-electron chi connectivity index (χ3n) is 4.66. The van der Waals surface area contributed by atoms with Gasteiger partial charge in [0.05, 0.1) is 0 Å². The van der Waals surface area contributed by atoms with Crippen LogP contribution in [0.4, 0.5) is 0 Å². The first-order valence-corrected chi connectivity index (χ1v) is 9.38. The Hall–Kier alpha value is -1.50. The van der Waals surface area contributed by atoms with Crippen LogP contribution in [0.5, 0.6) is 5.75 Å². The van der Waals surface area contributed by atoms with E-state index in [9.17, 15) is 5.11 Å². The van der Waals surface area contributed by atoms with Crippen LogP contribution in [0, 0.1) is 18.3 Å². The third-order valence-corrected chi connectivity index (χ3v) is 4.66. The average molecular weight is 331 g/mol. The molecule has 1 aromatic rings. The van der Waals surface area contributed by atoms with Gasteiger partial charge >= 0.3 is 0 Å². The van der Waals surface area contributed by atoms with Gasteiger partial charge < -0.3 is 5.11 Å². The summed E-state index contributed by atoms with van der Waals surface area (Å²) in [6.45, 7) is 20.4. The average Bonchev–Trinajstić information content (AvgIpc) is 2.56. The summed E-state index contributed by atoms with van der Waals surface area (Å²) >= 11 is 0. The molecule has 0 heterocycles. The van der Waals surface area contributed by atoms with Crippen molar-refractivity contribution < 1.29 is 5.11 Å². The summed E-state index contributed by atoms with van der Waals surface area (Å²) in [6.07, 6.45) is 10.9. The topological polar surface area (TPSA) is 20.2 Å². The predicted molar refractivity (Wildman–Crippen MR) is 110 cm³/mol. The Balaban J connectivity index is 0.000000405. The van der Waals surface area contributed by atoms with E-state index in [4.69, 9.17) is 0 Å². The fourth-order valence-electron chi connectivity index (χ4n) is 3.22. The fourth-order valence-corrected chi connectivity index (χ4v) is 3.22. The molecule has 1 aliphatic carbocycles. The zero-order chi connectivity index (χ0) is 18.8. The number of phenolic OH excluding ortho intramolecular Hbond substituents is 1. The molecule has 1 heteroatoms. The zero-order valence-electron chi connectivity index (χ0n) is 16.8. The van der Waals surface area contributed by atoms with Gasteiger partial charge in [0.15, 0.2) is 0 Å². The highest BCUT2D eigenvalue weighted by Crippen LogP contribution is 2.37. The molecule has 0 bridgehead atoms. The summed E-state index contributed by atoms with van der Waals surface area (Å²) < 4.78 is 0. The summed E-state index contributed by atoms with van der Waals surface area (Å²) in [5, 5.41) is 9.26. The van der Waals surface area contributed by atoms with Crippen molar-refractivity contribution in [1.82, 2.24) is 0 Å². The number of phenols is 1. The molecule has 1 aromatic carbocycles. The molecule has 0 aromatic heterocycles. The number of aromatic hydroxyl groups is 1. The lowest BCUT2D eigenvalue weighted by atomic mass is 9.72. The third kappa shape index (κ3) is 7.38.